The summed E-state index contributed by atoms with van der Waals surface area (Å²) in [7, 11) is 0. The van der Waals surface area contributed by atoms with Crippen molar-refractivity contribution in [3.63, 3.8) is 0 Å². The minimum absolute atomic E-state index is 0.142. The van der Waals surface area contributed by atoms with Crippen molar-refractivity contribution in [2.24, 2.45) is 0 Å². The van der Waals surface area contributed by atoms with Gasteiger partial charge >= 0.3 is 6.09 Å². The molecule has 1 atom stereocenters. The van der Waals surface area contributed by atoms with Gasteiger partial charge in [0.05, 0.1) is 12.2 Å². The van der Waals surface area contributed by atoms with Crippen molar-refractivity contribution in [3.05, 3.63) is 44.5 Å². The van der Waals surface area contributed by atoms with Gasteiger partial charge in [0.25, 0.3) is 0 Å². The molecular formula is C19H19N3O4S2. The van der Waals surface area contributed by atoms with Crippen molar-refractivity contribution in [1.29, 1.82) is 5.26 Å². The van der Waals surface area contributed by atoms with Gasteiger partial charge in [0.15, 0.2) is 0 Å². The quantitative estimate of drug-likeness (QED) is 0.626. The lowest BCUT2D eigenvalue weighted by Gasteiger charge is -2.22. The number of ether oxygens (including phenoxy) is 1. The number of nitrogens with zero attached hydrogens (tertiary/aromatic N) is 1. The lowest BCUT2D eigenvalue weighted by molar-refractivity contribution is -0.111. The van der Waals surface area contributed by atoms with Gasteiger partial charge in [0, 0.05) is 28.8 Å². The summed E-state index contributed by atoms with van der Waals surface area (Å²) in [5.74, 6) is -0.292. The van der Waals surface area contributed by atoms with Gasteiger partial charge in [-0.1, -0.05) is 6.07 Å². The van der Waals surface area contributed by atoms with Gasteiger partial charge in [0.2, 0.25) is 5.91 Å². The van der Waals surface area contributed by atoms with Gasteiger partial charge in [-0.2, -0.15) is 5.26 Å². The predicted octanol–water partition coefficient (Wildman–Crippen LogP) is 2.91. The van der Waals surface area contributed by atoms with Crippen LogP contribution in [-0.4, -0.2) is 36.4 Å². The van der Waals surface area contributed by atoms with Crippen LogP contribution in [0.2, 0.25) is 0 Å². The van der Waals surface area contributed by atoms with Crippen molar-refractivity contribution >= 4 is 45.8 Å². The van der Waals surface area contributed by atoms with Gasteiger partial charge in [-0.3, -0.25) is 4.79 Å². The fourth-order valence-electron chi connectivity index (χ4n) is 2.91. The lowest BCUT2D eigenvalue weighted by Crippen LogP contribution is -2.33. The first-order valence-corrected chi connectivity index (χ1v) is 10.4. The number of thiophene rings is 2. The molecule has 0 fully saturated rings. The van der Waals surface area contributed by atoms with Crippen LogP contribution in [0.5, 0.6) is 0 Å². The number of rotatable bonds is 6. The van der Waals surface area contributed by atoms with Crippen molar-refractivity contribution in [2.45, 2.75) is 25.4 Å². The van der Waals surface area contributed by atoms with Crippen LogP contribution in [0, 0.1) is 11.3 Å². The smallest absolute Gasteiger partial charge is 0.407 e. The Bertz CT molecular complexity index is 912. The van der Waals surface area contributed by atoms with Gasteiger partial charge in [-0.05, 0) is 35.9 Å². The number of aliphatic hydroxyl groups excluding tert-OH is 1. The molecule has 2 amide bonds. The molecule has 28 heavy (non-hydrogen) atoms. The van der Waals surface area contributed by atoms with Crippen LogP contribution in [0.15, 0.2) is 23.6 Å². The molecule has 0 aromatic carbocycles. The molecule has 2 aromatic rings. The van der Waals surface area contributed by atoms with Crippen molar-refractivity contribution in [1.82, 2.24) is 5.32 Å². The van der Waals surface area contributed by atoms with E-state index in [-0.39, 0.29) is 25.2 Å². The van der Waals surface area contributed by atoms with E-state index in [4.69, 9.17) is 9.84 Å². The number of amides is 2. The number of hydrogen-bond donors (Lipinski definition) is 3. The molecule has 9 heteroatoms. The van der Waals surface area contributed by atoms with Crippen LogP contribution in [0.4, 0.5) is 9.80 Å². The van der Waals surface area contributed by atoms with E-state index in [0.29, 0.717) is 29.8 Å². The maximum atomic E-state index is 12.2. The minimum Gasteiger partial charge on any atom is -0.446 e. The molecule has 3 rings (SSSR count). The fraction of sp³-hybridized carbons (Fsp3) is 0.316. The third-order valence-electron chi connectivity index (χ3n) is 4.17. The summed E-state index contributed by atoms with van der Waals surface area (Å²) in [4.78, 5) is 25.8. The zero-order valence-electron chi connectivity index (χ0n) is 14.9. The number of aliphatic hydroxyl groups is 1. The molecular weight excluding hydrogens is 398 g/mol. The van der Waals surface area contributed by atoms with Gasteiger partial charge in [-0.25, -0.2) is 4.79 Å². The molecule has 146 valence electrons. The molecule has 0 saturated heterocycles. The average Bonchev–Trinajstić information content (AvgIpc) is 3.31. The SMILES string of the molecule is N#Cc1c(NC(=O)/C=C/c2cccs2)sc2c1CCC(OC(=O)NCCO)C2. The summed E-state index contributed by atoms with van der Waals surface area (Å²) in [5, 5.41) is 26.0. The second-order valence-electron chi connectivity index (χ2n) is 6.08. The Balaban J connectivity index is 1.66. The molecule has 7 nitrogen and oxygen atoms in total. The molecule has 1 unspecified atom stereocenters. The van der Waals surface area contributed by atoms with E-state index in [0.717, 1.165) is 15.3 Å². The van der Waals surface area contributed by atoms with Crippen molar-refractivity contribution in [2.75, 3.05) is 18.5 Å². The Morgan fingerprint density at radius 3 is 3.04 bits per heavy atom. The maximum Gasteiger partial charge on any atom is 0.407 e. The molecule has 2 heterocycles. The predicted molar refractivity (Wildman–Crippen MR) is 108 cm³/mol. The Hall–Kier alpha value is -2.67. The normalized spacial score (nSPS) is 15.6. The molecule has 1 aliphatic rings. The highest BCUT2D eigenvalue weighted by molar-refractivity contribution is 7.16. The van der Waals surface area contributed by atoms with Crippen LogP contribution in [0.1, 0.15) is 27.3 Å². The van der Waals surface area contributed by atoms with E-state index in [1.807, 2.05) is 17.5 Å². The summed E-state index contributed by atoms with van der Waals surface area (Å²) in [5.41, 5.74) is 1.40. The number of fused-ring (bicyclic) bond motifs is 1. The zero-order valence-corrected chi connectivity index (χ0v) is 16.6. The standard InChI is InChI=1S/C19H19N3O4S2/c20-11-15-14-5-3-12(26-19(25)21-7-8-23)10-16(14)28-18(15)22-17(24)6-4-13-2-1-9-27-13/h1-2,4,6,9,12,23H,3,5,7-8,10H2,(H,21,25)(H,22,24)/b6-4+. The van der Waals surface area contributed by atoms with Crippen LogP contribution < -0.4 is 10.6 Å². The van der Waals surface area contributed by atoms with E-state index in [1.54, 1.807) is 6.08 Å². The van der Waals surface area contributed by atoms with Gasteiger partial charge in [0.1, 0.15) is 17.2 Å². The van der Waals surface area contributed by atoms with Crippen LogP contribution in [0.25, 0.3) is 6.08 Å². The summed E-state index contributed by atoms with van der Waals surface area (Å²) < 4.78 is 5.36. The molecule has 0 aliphatic heterocycles. The van der Waals surface area contributed by atoms with E-state index in [9.17, 15) is 14.9 Å². The van der Waals surface area contributed by atoms with Crippen LogP contribution in [-0.2, 0) is 22.4 Å². The summed E-state index contributed by atoms with van der Waals surface area (Å²) >= 11 is 2.88. The number of nitriles is 1. The molecule has 0 bridgehead atoms. The fourth-order valence-corrected chi connectivity index (χ4v) is 4.79. The topological polar surface area (TPSA) is 111 Å². The highest BCUT2D eigenvalue weighted by Crippen LogP contribution is 2.38. The van der Waals surface area contributed by atoms with Crippen molar-refractivity contribution < 1.29 is 19.4 Å². The number of carbonyl (C=O) groups excluding carboxylic acids is 2. The maximum absolute atomic E-state index is 12.2. The van der Waals surface area contributed by atoms with Crippen molar-refractivity contribution in [3.8, 4) is 6.07 Å². The minimum atomic E-state index is -0.563. The van der Waals surface area contributed by atoms with E-state index in [2.05, 4.69) is 16.7 Å². The first-order valence-electron chi connectivity index (χ1n) is 8.73. The summed E-state index contributed by atoms with van der Waals surface area (Å²) in [6.07, 6.45) is 4.04. The number of carbonyl (C=O) groups is 2. The summed E-state index contributed by atoms with van der Waals surface area (Å²) in [6.45, 7) is -0.00604. The molecule has 3 N–H and O–H groups in total. The molecule has 1 aliphatic carbocycles. The lowest BCUT2D eigenvalue weighted by atomic mass is 9.94. The van der Waals surface area contributed by atoms with E-state index < -0.39 is 6.09 Å². The van der Waals surface area contributed by atoms with E-state index in [1.165, 1.54) is 28.7 Å². The first kappa shape index (κ1) is 20.1. The Morgan fingerprint density at radius 1 is 1.46 bits per heavy atom. The Morgan fingerprint density at radius 2 is 2.32 bits per heavy atom. The highest BCUT2D eigenvalue weighted by atomic mass is 32.1. The number of hydrogen-bond acceptors (Lipinski definition) is 7. The van der Waals surface area contributed by atoms with E-state index >= 15 is 0 Å². The van der Waals surface area contributed by atoms with Gasteiger partial charge < -0.3 is 20.5 Å². The zero-order chi connectivity index (χ0) is 19.9. The summed E-state index contributed by atoms with van der Waals surface area (Å²) in [6, 6.07) is 6.01. The number of anilines is 1. The molecule has 2 aromatic heterocycles. The highest BCUT2D eigenvalue weighted by Gasteiger charge is 2.28. The second kappa shape index (κ2) is 9.50. The average molecular weight is 418 g/mol. The second-order valence-corrected chi connectivity index (χ2v) is 8.16. The monoisotopic (exact) mass is 417 g/mol. The number of alkyl carbamates (subject to hydrolysis) is 1. The van der Waals surface area contributed by atoms with Gasteiger partial charge in [-0.15, -0.1) is 22.7 Å². The number of nitrogens with one attached hydrogen (secondary N) is 2. The van der Waals surface area contributed by atoms with Crippen LogP contribution >= 0.6 is 22.7 Å². The van der Waals surface area contributed by atoms with Crippen LogP contribution in [0.3, 0.4) is 0 Å². The molecule has 0 radical (unpaired) electrons. The largest absolute Gasteiger partial charge is 0.446 e. The third-order valence-corrected chi connectivity index (χ3v) is 6.17. The molecule has 0 saturated carbocycles. The third kappa shape index (κ3) is 4.98. The molecule has 0 spiro atoms. The Labute approximate surface area is 170 Å². The Kier molecular flexibility index (Phi) is 6.81. The first-order chi connectivity index (χ1) is 13.6.